The Labute approximate surface area is 118 Å². The molecule has 1 amide bonds. The molecule has 0 saturated carbocycles. The van der Waals surface area contributed by atoms with Crippen LogP contribution in [0.4, 0.5) is 5.95 Å². The number of aliphatic hydroxyl groups is 1. The molecule has 3 N–H and O–H groups in total. The molecule has 0 saturated heterocycles. The molecule has 0 spiro atoms. The van der Waals surface area contributed by atoms with Gasteiger partial charge >= 0.3 is 7.12 Å². The number of nitrogens with one attached hydrogen (secondary N) is 1. The van der Waals surface area contributed by atoms with Crippen LogP contribution in [-0.2, 0) is 9.45 Å². The molecule has 0 fully saturated rings. The highest BCUT2D eigenvalue weighted by Crippen LogP contribution is 2.25. The lowest BCUT2D eigenvalue weighted by Gasteiger charge is -2.38. The topological polar surface area (TPSA) is 105 Å². The Morgan fingerprint density at radius 3 is 2.20 bits per heavy atom. The van der Waals surface area contributed by atoms with Crippen molar-refractivity contribution in [3.63, 3.8) is 0 Å². The highest BCUT2D eigenvalue weighted by Gasteiger charge is 2.39. The number of hydrogen-bond donors (Lipinski definition) is 3. The van der Waals surface area contributed by atoms with Crippen LogP contribution < -0.4 is 10.8 Å². The van der Waals surface area contributed by atoms with Crippen LogP contribution in [0.1, 0.15) is 34.6 Å². The van der Waals surface area contributed by atoms with Gasteiger partial charge < -0.3 is 14.8 Å². The largest absolute Gasteiger partial charge is 0.494 e. The third-order valence-corrected chi connectivity index (χ3v) is 3.12. The van der Waals surface area contributed by atoms with Crippen LogP contribution in [0.15, 0.2) is 12.4 Å². The number of nitrogens with zero attached hydrogens (tertiary/aromatic N) is 2. The fourth-order valence-corrected chi connectivity index (χ4v) is 1.18. The zero-order chi connectivity index (χ0) is 15.6. The van der Waals surface area contributed by atoms with Crippen LogP contribution in [0.3, 0.4) is 0 Å². The molecule has 0 radical (unpaired) electrons. The van der Waals surface area contributed by atoms with Gasteiger partial charge in [0.05, 0.1) is 11.2 Å². The third kappa shape index (κ3) is 4.26. The zero-order valence-electron chi connectivity index (χ0n) is 12.3. The standard InChI is InChI=1S/C12H20BN3O4/c1-8(17)16-10-14-6-9(7-15-10)13(19)20-12(4,5)11(2,3)18/h6-7,18-19H,1-5H3,(H,14,15,16,17). The fourth-order valence-electron chi connectivity index (χ4n) is 1.18. The Balaban J connectivity index is 2.78. The van der Waals surface area contributed by atoms with Gasteiger partial charge in [0.25, 0.3) is 0 Å². The summed E-state index contributed by atoms with van der Waals surface area (Å²) < 4.78 is 5.45. The molecular formula is C12H20BN3O4. The number of carbonyl (C=O) groups excluding carboxylic acids is 1. The molecule has 0 aliphatic rings. The van der Waals surface area contributed by atoms with Crippen LogP contribution in [0.2, 0.25) is 0 Å². The van der Waals surface area contributed by atoms with Crippen LogP contribution >= 0.6 is 0 Å². The second kappa shape index (κ2) is 5.86. The summed E-state index contributed by atoms with van der Waals surface area (Å²) >= 11 is 0. The average Bonchev–Trinajstić information content (AvgIpc) is 2.26. The Morgan fingerprint density at radius 2 is 1.80 bits per heavy atom. The SMILES string of the molecule is CC(=O)Nc1ncc(B(O)OC(C)(C)C(C)(C)O)cn1. The lowest BCUT2D eigenvalue weighted by atomic mass is 9.78. The molecule has 8 heteroatoms. The van der Waals surface area contributed by atoms with E-state index in [0.717, 1.165) is 0 Å². The molecule has 0 unspecified atom stereocenters. The van der Waals surface area contributed by atoms with E-state index in [0.29, 0.717) is 5.46 Å². The van der Waals surface area contributed by atoms with Gasteiger partial charge in [-0.2, -0.15) is 0 Å². The lowest BCUT2D eigenvalue weighted by molar-refractivity contribution is -0.114. The van der Waals surface area contributed by atoms with Crippen molar-refractivity contribution >= 4 is 24.4 Å². The van der Waals surface area contributed by atoms with Crippen LogP contribution in [0.5, 0.6) is 0 Å². The van der Waals surface area contributed by atoms with Crippen molar-refractivity contribution in [1.29, 1.82) is 0 Å². The second-order valence-electron chi connectivity index (χ2n) is 5.56. The van der Waals surface area contributed by atoms with Gasteiger partial charge in [-0.1, -0.05) is 0 Å². The molecule has 1 heterocycles. The molecule has 7 nitrogen and oxygen atoms in total. The summed E-state index contributed by atoms with van der Waals surface area (Å²) in [5, 5.41) is 22.4. The Bertz CT molecular complexity index is 471. The number of amides is 1. The first kappa shape index (κ1) is 16.5. The van der Waals surface area contributed by atoms with Crippen LogP contribution in [-0.4, -0.2) is 44.3 Å². The molecule has 20 heavy (non-hydrogen) atoms. The Morgan fingerprint density at radius 1 is 1.30 bits per heavy atom. The normalized spacial score (nSPS) is 12.2. The molecule has 0 aliphatic heterocycles. The maximum atomic E-state index is 10.8. The van der Waals surface area contributed by atoms with E-state index in [9.17, 15) is 14.9 Å². The predicted molar refractivity (Wildman–Crippen MR) is 75.4 cm³/mol. The van der Waals surface area contributed by atoms with E-state index in [2.05, 4.69) is 15.3 Å². The number of anilines is 1. The first-order valence-corrected chi connectivity index (χ1v) is 6.21. The van der Waals surface area contributed by atoms with Crippen molar-refractivity contribution < 1.29 is 19.6 Å². The predicted octanol–water partition coefficient (Wildman–Crippen LogP) is -0.311. The second-order valence-corrected chi connectivity index (χ2v) is 5.56. The minimum absolute atomic E-state index is 0.148. The van der Waals surface area contributed by atoms with Crippen molar-refractivity contribution in [2.75, 3.05) is 5.32 Å². The summed E-state index contributed by atoms with van der Waals surface area (Å²) in [7, 11) is -1.28. The van der Waals surface area contributed by atoms with E-state index < -0.39 is 18.3 Å². The van der Waals surface area contributed by atoms with E-state index in [1.54, 1.807) is 27.7 Å². The van der Waals surface area contributed by atoms with E-state index in [4.69, 9.17) is 4.65 Å². The van der Waals surface area contributed by atoms with Gasteiger partial charge in [-0.3, -0.25) is 10.1 Å². The lowest BCUT2D eigenvalue weighted by Crippen LogP contribution is -2.53. The van der Waals surface area contributed by atoms with Crippen molar-refractivity contribution in [1.82, 2.24) is 9.97 Å². The maximum Gasteiger partial charge on any atom is 0.494 e. The Hall–Kier alpha value is -1.51. The first-order valence-electron chi connectivity index (χ1n) is 6.21. The molecule has 110 valence electrons. The van der Waals surface area contributed by atoms with Crippen molar-refractivity contribution in [2.45, 2.75) is 45.8 Å². The monoisotopic (exact) mass is 281 g/mol. The van der Waals surface area contributed by atoms with Crippen molar-refractivity contribution in [2.24, 2.45) is 0 Å². The highest BCUT2D eigenvalue weighted by molar-refractivity contribution is 6.59. The molecule has 1 rings (SSSR count). The average molecular weight is 281 g/mol. The number of rotatable bonds is 5. The summed E-state index contributed by atoms with van der Waals surface area (Å²) in [6.07, 6.45) is 2.70. The van der Waals surface area contributed by atoms with Gasteiger partial charge in [0.15, 0.2) is 0 Å². The minimum atomic E-state index is -1.28. The van der Waals surface area contributed by atoms with Gasteiger partial charge in [-0.25, -0.2) is 9.97 Å². The van der Waals surface area contributed by atoms with Gasteiger partial charge in [-0.05, 0) is 27.7 Å². The molecule has 0 aliphatic carbocycles. The number of carbonyl (C=O) groups is 1. The van der Waals surface area contributed by atoms with Crippen LogP contribution in [0.25, 0.3) is 0 Å². The van der Waals surface area contributed by atoms with Gasteiger partial charge in [0.1, 0.15) is 0 Å². The summed E-state index contributed by atoms with van der Waals surface area (Å²) in [6, 6.07) is 0. The van der Waals surface area contributed by atoms with Crippen LogP contribution in [0, 0.1) is 0 Å². The molecule has 0 aromatic carbocycles. The van der Waals surface area contributed by atoms with Crippen molar-refractivity contribution in [3.8, 4) is 0 Å². The summed E-state index contributed by atoms with van der Waals surface area (Å²) in [4.78, 5) is 18.6. The molecule has 0 bridgehead atoms. The highest BCUT2D eigenvalue weighted by atomic mass is 16.5. The maximum absolute atomic E-state index is 10.8. The molecular weight excluding hydrogens is 261 g/mol. The summed E-state index contributed by atoms with van der Waals surface area (Å²) in [5.41, 5.74) is -1.77. The quantitative estimate of drug-likeness (QED) is 0.639. The van der Waals surface area contributed by atoms with E-state index in [1.807, 2.05) is 0 Å². The zero-order valence-corrected chi connectivity index (χ0v) is 12.3. The van der Waals surface area contributed by atoms with E-state index in [-0.39, 0.29) is 11.9 Å². The van der Waals surface area contributed by atoms with Gasteiger partial charge in [0, 0.05) is 24.8 Å². The summed E-state index contributed by atoms with van der Waals surface area (Å²) in [5.74, 6) is -0.132. The van der Waals surface area contributed by atoms with E-state index in [1.165, 1.54) is 19.3 Å². The van der Waals surface area contributed by atoms with E-state index >= 15 is 0 Å². The first-order chi connectivity index (χ1) is 9.03. The minimum Gasteiger partial charge on any atom is -0.423 e. The van der Waals surface area contributed by atoms with Gasteiger partial charge in [0.2, 0.25) is 11.9 Å². The van der Waals surface area contributed by atoms with Crippen molar-refractivity contribution in [3.05, 3.63) is 12.4 Å². The number of hydrogen-bond acceptors (Lipinski definition) is 6. The fraction of sp³-hybridized carbons (Fsp3) is 0.583. The Kier molecular flexibility index (Phi) is 4.85. The summed E-state index contributed by atoms with van der Waals surface area (Å²) in [6.45, 7) is 7.87. The smallest absolute Gasteiger partial charge is 0.423 e. The number of aromatic nitrogens is 2. The molecule has 1 aromatic heterocycles. The molecule has 0 atom stereocenters. The third-order valence-electron chi connectivity index (χ3n) is 3.12. The molecule has 1 aromatic rings. The van der Waals surface area contributed by atoms with Gasteiger partial charge in [-0.15, -0.1) is 0 Å².